The normalized spacial score (nSPS) is 17.4. The van der Waals surface area contributed by atoms with Crippen molar-refractivity contribution in [2.45, 2.75) is 12.8 Å². The van der Waals surface area contributed by atoms with Gasteiger partial charge in [0.2, 0.25) is 0 Å². The van der Waals surface area contributed by atoms with Gasteiger partial charge in [-0.15, -0.1) is 0 Å². The maximum Gasteiger partial charge on any atom is 0.161 e. The van der Waals surface area contributed by atoms with E-state index in [1.165, 1.54) is 5.69 Å². The molecule has 6 heteroatoms. The van der Waals surface area contributed by atoms with Crippen LogP contribution in [0.15, 0.2) is 60.8 Å². The summed E-state index contributed by atoms with van der Waals surface area (Å²) in [5, 5.41) is 4.57. The van der Waals surface area contributed by atoms with Crippen LogP contribution in [-0.4, -0.2) is 47.1 Å². The Bertz CT molecular complexity index is 977. The molecule has 0 aliphatic carbocycles. The molecule has 0 N–H and O–H groups in total. The van der Waals surface area contributed by atoms with Crippen LogP contribution < -0.4 is 9.64 Å². The number of benzene rings is 2. The quantitative estimate of drug-likeness (QED) is 0.657. The standard InChI is InChI=1S/C22H22N4O2/c27-15-21(25-12-10-24(11-13-25)18-6-2-1-3-7-18)26-22-17(14-23-26)16-28-20-9-5-4-8-19(20)22/h1-9,14-15,21H,10-13,16H2. The molecule has 2 aliphatic heterocycles. The number of rotatable bonds is 4. The monoisotopic (exact) mass is 374 g/mol. The summed E-state index contributed by atoms with van der Waals surface area (Å²) in [6, 6.07) is 18.4. The molecular formula is C22H22N4O2. The zero-order chi connectivity index (χ0) is 18.9. The second-order valence-corrected chi connectivity index (χ2v) is 7.16. The van der Waals surface area contributed by atoms with Crippen molar-refractivity contribution in [2.24, 2.45) is 0 Å². The van der Waals surface area contributed by atoms with Crippen molar-refractivity contribution < 1.29 is 9.53 Å². The highest BCUT2D eigenvalue weighted by Gasteiger charge is 2.30. The first kappa shape index (κ1) is 17.0. The number of nitrogens with zero attached hydrogens (tertiary/aromatic N) is 4. The molecule has 0 radical (unpaired) electrons. The van der Waals surface area contributed by atoms with Crippen LogP contribution in [0.25, 0.3) is 11.3 Å². The SMILES string of the molecule is O=CC(N1CCN(c2ccccc2)CC1)n1ncc2c1-c1ccccc1OC2. The van der Waals surface area contributed by atoms with Crippen molar-refractivity contribution in [3.05, 3.63) is 66.4 Å². The van der Waals surface area contributed by atoms with Crippen LogP contribution in [-0.2, 0) is 11.4 Å². The summed E-state index contributed by atoms with van der Waals surface area (Å²) in [4.78, 5) is 16.7. The van der Waals surface area contributed by atoms with Gasteiger partial charge in [-0.25, -0.2) is 4.68 Å². The molecule has 2 aliphatic rings. The highest BCUT2D eigenvalue weighted by atomic mass is 16.5. The van der Waals surface area contributed by atoms with Crippen molar-refractivity contribution in [1.82, 2.24) is 14.7 Å². The Morgan fingerprint density at radius 1 is 0.964 bits per heavy atom. The molecule has 1 fully saturated rings. The van der Waals surface area contributed by atoms with E-state index in [0.29, 0.717) is 6.61 Å². The van der Waals surface area contributed by atoms with E-state index in [9.17, 15) is 4.79 Å². The molecule has 1 saturated heterocycles. The molecule has 3 heterocycles. The molecule has 1 atom stereocenters. The number of piperazine rings is 1. The Hall–Kier alpha value is -3.12. The van der Waals surface area contributed by atoms with E-state index in [-0.39, 0.29) is 0 Å². The molecule has 142 valence electrons. The molecule has 1 aromatic heterocycles. The summed E-state index contributed by atoms with van der Waals surface area (Å²) in [6.45, 7) is 3.88. The van der Waals surface area contributed by atoms with E-state index in [2.05, 4.69) is 39.2 Å². The number of carbonyl (C=O) groups excluding carboxylic acids is 1. The summed E-state index contributed by atoms with van der Waals surface area (Å²) in [6.07, 6.45) is 2.42. The lowest BCUT2D eigenvalue weighted by atomic mass is 10.0. The fourth-order valence-corrected chi connectivity index (χ4v) is 4.13. The lowest BCUT2D eigenvalue weighted by molar-refractivity contribution is -0.115. The van der Waals surface area contributed by atoms with E-state index in [1.807, 2.05) is 41.2 Å². The maximum atomic E-state index is 12.1. The predicted octanol–water partition coefficient (Wildman–Crippen LogP) is 2.96. The number of anilines is 1. The second-order valence-electron chi connectivity index (χ2n) is 7.16. The second kappa shape index (κ2) is 7.13. The summed E-state index contributed by atoms with van der Waals surface area (Å²) in [5.41, 5.74) is 4.24. The Labute approximate surface area is 163 Å². The molecule has 0 spiro atoms. The molecule has 0 amide bonds. The van der Waals surface area contributed by atoms with E-state index >= 15 is 0 Å². The number of para-hydroxylation sites is 2. The first-order valence-corrected chi connectivity index (χ1v) is 9.63. The number of carbonyl (C=O) groups is 1. The summed E-state index contributed by atoms with van der Waals surface area (Å²) >= 11 is 0. The van der Waals surface area contributed by atoms with E-state index in [0.717, 1.165) is 55.0 Å². The van der Waals surface area contributed by atoms with Crippen LogP contribution in [0.1, 0.15) is 11.7 Å². The van der Waals surface area contributed by atoms with E-state index in [4.69, 9.17) is 4.74 Å². The Morgan fingerprint density at radius 3 is 2.50 bits per heavy atom. The number of hydrogen-bond acceptors (Lipinski definition) is 5. The van der Waals surface area contributed by atoms with Crippen molar-refractivity contribution >= 4 is 12.0 Å². The van der Waals surface area contributed by atoms with Gasteiger partial charge >= 0.3 is 0 Å². The van der Waals surface area contributed by atoms with Crippen molar-refractivity contribution in [3.63, 3.8) is 0 Å². The first-order valence-electron chi connectivity index (χ1n) is 9.63. The van der Waals surface area contributed by atoms with Crippen LogP contribution in [0.3, 0.4) is 0 Å². The van der Waals surface area contributed by atoms with Gasteiger partial charge in [-0.2, -0.15) is 5.10 Å². The van der Waals surface area contributed by atoms with Crippen LogP contribution >= 0.6 is 0 Å². The maximum absolute atomic E-state index is 12.1. The number of aldehydes is 1. The molecule has 0 bridgehead atoms. The smallest absolute Gasteiger partial charge is 0.161 e. The summed E-state index contributed by atoms with van der Waals surface area (Å²) < 4.78 is 7.69. The van der Waals surface area contributed by atoms with Crippen molar-refractivity contribution in [3.8, 4) is 17.0 Å². The fourth-order valence-electron chi connectivity index (χ4n) is 4.13. The summed E-state index contributed by atoms with van der Waals surface area (Å²) in [5.74, 6) is 0.843. The summed E-state index contributed by atoms with van der Waals surface area (Å²) in [7, 11) is 0. The lowest BCUT2D eigenvalue weighted by Gasteiger charge is -2.39. The zero-order valence-electron chi connectivity index (χ0n) is 15.6. The number of hydrogen-bond donors (Lipinski definition) is 0. The molecule has 0 saturated carbocycles. The molecular weight excluding hydrogens is 352 g/mol. The van der Waals surface area contributed by atoms with Crippen molar-refractivity contribution in [1.29, 1.82) is 0 Å². The minimum atomic E-state index is -0.409. The first-order chi connectivity index (χ1) is 13.8. The molecule has 6 nitrogen and oxygen atoms in total. The average molecular weight is 374 g/mol. The average Bonchev–Trinajstić information content (AvgIpc) is 3.20. The van der Waals surface area contributed by atoms with Gasteiger partial charge in [0.1, 0.15) is 12.4 Å². The minimum absolute atomic E-state index is 0.409. The van der Waals surface area contributed by atoms with Crippen LogP contribution in [0.2, 0.25) is 0 Å². The number of fused-ring (bicyclic) bond motifs is 3. The molecule has 28 heavy (non-hydrogen) atoms. The van der Waals surface area contributed by atoms with E-state index in [1.54, 1.807) is 0 Å². The van der Waals surface area contributed by atoms with Gasteiger partial charge < -0.3 is 9.64 Å². The third kappa shape index (κ3) is 2.86. The Balaban J connectivity index is 1.40. The predicted molar refractivity (Wildman–Crippen MR) is 107 cm³/mol. The largest absolute Gasteiger partial charge is 0.488 e. The number of aromatic nitrogens is 2. The molecule has 3 aromatic rings. The third-order valence-electron chi connectivity index (χ3n) is 5.58. The lowest BCUT2D eigenvalue weighted by Crippen LogP contribution is -2.49. The van der Waals surface area contributed by atoms with Gasteiger partial charge in [0.15, 0.2) is 12.5 Å². The van der Waals surface area contributed by atoms with Gasteiger partial charge in [0, 0.05) is 43.0 Å². The van der Waals surface area contributed by atoms with Gasteiger partial charge in [-0.3, -0.25) is 9.69 Å². The molecule has 1 unspecified atom stereocenters. The van der Waals surface area contributed by atoms with Gasteiger partial charge in [-0.1, -0.05) is 30.3 Å². The fraction of sp³-hybridized carbons (Fsp3) is 0.273. The van der Waals surface area contributed by atoms with Crippen molar-refractivity contribution in [2.75, 3.05) is 31.1 Å². The van der Waals surface area contributed by atoms with Gasteiger partial charge in [-0.05, 0) is 24.3 Å². The Kier molecular flexibility index (Phi) is 4.33. The highest BCUT2D eigenvalue weighted by molar-refractivity contribution is 5.73. The van der Waals surface area contributed by atoms with Crippen LogP contribution in [0.4, 0.5) is 5.69 Å². The zero-order valence-corrected chi connectivity index (χ0v) is 15.6. The Morgan fingerprint density at radius 2 is 1.71 bits per heavy atom. The van der Waals surface area contributed by atoms with Gasteiger partial charge in [0.05, 0.1) is 11.9 Å². The van der Waals surface area contributed by atoms with E-state index < -0.39 is 6.17 Å². The molecule has 5 rings (SSSR count). The third-order valence-corrected chi connectivity index (χ3v) is 5.58. The number of ether oxygens (including phenoxy) is 1. The highest BCUT2D eigenvalue weighted by Crippen LogP contribution is 2.38. The minimum Gasteiger partial charge on any atom is -0.488 e. The van der Waals surface area contributed by atoms with Crippen LogP contribution in [0, 0.1) is 0 Å². The van der Waals surface area contributed by atoms with Crippen LogP contribution in [0.5, 0.6) is 5.75 Å². The molecule has 2 aromatic carbocycles. The van der Waals surface area contributed by atoms with Gasteiger partial charge in [0.25, 0.3) is 0 Å². The topological polar surface area (TPSA) is 50.6 Å².